The largest absolute Gasteiger partial charge is 0.493 e. The van der Waals surface area contributed by atoms with E-state index in [0.717, 1.165) is 17.3 Å². The molecule has 0 saturated carbocycles. The van der Waals surface area contributed by atoms with Crippen molar-refractivity contribution in [3.05, 3.63) is 64.6 Å². The highest BCUT2D eigenvalue weighted by Gasteiger charge is 2.41. The molecule has 8 heteroatoms. The minimum Gasteiger partial charge on any atom is -0.493 e. The number of rotatable bonds is 7. The normalized spacial score (nSPS) is 16.0. The molecule has 1 atom stereocenters. The van der Waals surface area contributed by atoms with E-state index in [0.29, 0.717) is 32.9 Å². The van der Waals surface area contributed by atoms with Gasteiger partial charge in [0.05, 0.1) is 25.7 Å². The molecule has 1 aliphatic rings. The quantitative estimate of drug-likeness (QED) is 0.361. The topological polar surface area (TPSA) is 65.1 Å². The molecule has 1 unspecified atom stereocenters. The van der Waals surface area contributed by atoms with Gasteiger partial charge in [0.25, 0.3) is 5.91 Å². The van der Waals surface area contributed by atoms with Crippen LogP contribution in [0.3, 0.4) is 0 Å². The van der Waals surface area contributed by atoms with Crippen molar-refractivity contribution >= 4 is 46.3 Å². The van der Waals surface area contributed by atoms with E-state index >= 15 is 0 Å². The van der Waals surface area contributed by atoms with Crippen LogP contribution in [0.15, 0.2) is 53.4 Å². The Morgan fingerprint density at radius 2 is 1.90 bits per heavy atom. The van der Waals surface area contributed by atoms with Crippen LogP contribution in [0.4, 0.5) is 0 Å². The van der Waals surface area contributed by atoms with E-state index in [-0.39, 0.29) is 5.91 Å². The molecule has 0 radical (unpaired) electrons. The Labute approximate surface area is 184 Å². The number of hydrogen-bond acceptors (Lipinski definition) is 7. The highest BCUT2D eigenvalue weighted by Crippen LogP contribution is 2.39. The molecule has 6 nitrogen and oxygen atoms in total. The van der Waals surface area contributed by atoms with Crippen molar-refractivity contribution in [2.75, 3.05) is 20.8 Å². The van der Waals surface area contributed by atoms with E-state index in [4.69, 9.17) is 26.4 Å². The standard InChI is InChI=1S/C22H21NO5S2/c1-4-28-17-12-14(10-11-16(17)26-2)13-18-20(24)23(22(29)30-18)19(21(25)27-3)15-8-6-5-7-9-15/h5-13,19H,4H2,1-3H3/b18-13-. The van der Waals surface area contributed by atoms with Crippen molar-refractivity contribution in [2.24, 2.45) is 0 Å². The average molecular weight is 444 g/mol. The van der Waals surface area contributed by atoms with Gasteiger partial charge < -0.3 is 14.2 Å². The fourth-order valence-electron chi connectivity index (χ4n) is 3.04. The van der Waals surface area contributed by atoms with Crippen molar-refractivity contribution < 1.29 is 23.8 Å². The summed E-state index contributed by atoms with van der Waals surface area (Å²) < 4.78 is 16.1. The first-order valence-corrected chi connectivity index (χ1v) is 10.4. The molecular weight excluding hydrogens is 422 g/mol. The molecule has 3 rings (SSSR count). The summed E-state index contributed by atoms with van der Waals surface area (Å²) in [6.45, 7) is 2.37. The van der Waals surface area contributed by atoms with Crippen LogP contribution in [0.1, 0.15) is 24.1 Å². The maximum Gasteiger partial charge on any atom is 0.333 e. The van der Waals surface area contributed by atoms with E-state index in [9.17, 15) is 9.59 Å². The summed E-state index contributed by atoms with van der Waals surface area (Å²) in [6.07, 6.45) is 1.72. The lowest BCUT2D eigenvalue weighted by Crippen LogP contribution is -2.37. The number of methoxy groups -OCH3 is 2. The van der Waals surface area contributed by atoms with Gasteiger partial charge in [-0.15, -0.1) is 0 Å². The molecule has 1 saturated heterocycles. The van der Waals surface area contributed by atoms with Crippen LogP contribution in [0.5, 0.6) is 11.5 Å². The van der Waals surface area contributed by atoms with Gasteiger partial charge in [-0.1, -0.05) is 60.4 Å². The van der Waals surface area contributed by atoms with Gasteiger partial charge in [-0.25, -0.2) is 4.79 Å². The second-order valence-corrected chi connectivity index (χ2v) is 7.91. The van der Waals surface area contributed by atoms with Crippen molar-refractivity contribution in [1.29, 1.82) is 0 Å². The van der Waals surface area contributed by atoms with Crippen LogP contribution in [-0.4, -0.2) is 41.9 Å². The second kappa shape index (κ2) is 9.77. The van der Waals surface area contributed by atoms with E-state index < -0.39 is 12.0 Å². The molecule has 156 valence electrons. The monoisotopic (exact) mass is 443 g/mol. The molecule has 0 aromatic heterocycles. The molecule has 30 heavy (non-hydrogen) atoms. The number of amides is 1. The Balaban J connectivity index is 1.95. The number of thioether (sulfide) groups is 1. The highest BCUT2D eigenvalue weighted by molar-refractivity contribution is 8.26. The predicted octanol–water partition coefficient (Wildman–Crippen LogP) is 4.21. The van der Waals surface area contributed by atoms with Gasteiger partial charge in [0, 0.05) is 0 Å². The average Bonchev–Trinajstić information content (AvgIpc) is 3.03. The van der Waals surface area contributed by atoms with Crippen LogP contribution in [0, 0.1) is 0 Å². The summed E-state index contributed by atoms with van der Waals surface area (Å²) >= 11 is 6.58. The van der Waals surface area contributed by atoms with Gasteiger partial charge in [0.15, 0.2) is 17.5 Å². The van der Waals surface area contributed by atoms with Gasteiger partial charge in [-0.2, -0.15) is 0 Å². The molecule has 2 aromatic rings. The Bertz CT molecular complexity index is 990. The summed E-state index contributed by atoms with van der Waals surface area (Å²) in [5.74, 6) is 0.289. The number of thiocarbonyl (C=S) groups is 1. The number of esters is 1. The molecule has 0 spiro atoms. The fourth-order valence-corrected chi connectivity index (χ4v) is 4.36. The molecule has 1 amide bonds. The van der Waals surface area contributed by atoms with Gasteiger partial charge in [0.2, 0.25) is 0 Å². The summed E-state index contributed by atoms with van der Waals surface area (Å²) in [5, 5.41) is 0. The summed E-state index contributed by atoms with van der Waals surface area (Å²) in [5.41, 5.74) is 1.39. The van der Waals surface area contributed by atoms with Gasteiger partial charge >= 0.3 is 5.97 Å². The zero-order valence-corrected chi connectivity index (χ0v) is 18.4. The molecule has 1 heterocycles. The van der Waals surface area contributed by atoms with Crippen LogP contribution < -0.4 is 9.47 Å². The van der Waals surface area contributed by atoms with Gasteiger partial charge in [-0.05, 0) is 36.3 Å². The minimum atomic E-state index is -0.940. The number of carbonyl (C=O) groups is 2. The predicted molar refractivity (Wildman–Crippen MR) is 120 cm³/mol. The van der Waals surface area contributed by atoms with Crippen molar-refractivity contribution in [3.63, 3.8) is 0 Å². The number of hydrogen-bond donors (Lipinski definition) is 0. The molecule has 0 aliphatic carbocycles. The van der Waals surface area contributed by atoms with E-state index in [2.05, 4.69) is 0 Å². The van der Waals surface area contributed by atoms with E-state index in [1.54, 1.807) is 49.6 Å². The summed E-state index contributed by atoms with van der Waals surface area (Å²) in [6, 6.07) is 13.4. The number of ether oxygens (including phenoxy) is 3. The Kier molecular flexibility index (Phi) is 7.12. The molecule has 0 N–H and O–H groups in total. The molecule has 1 aliphatic heterocycles. The maximum atomic E-state index is 13.2. The third-order valence-corrected chi connectivity index (χ3v) is 5.74. The lowest BCUT2D eigenvalue weighted by molar-refractivity contribution is -0.148. The maximum absolute atomic E-state index is 13.2. The number of benzene rings is 2. The zero-order valence-electron chi connectivity index (χ0n) is 16.8. The van der Waals surface area contributed by atoms with Crippen LogP contribution in [0.2, 0.25) is 0 Å². The van der Waals surface area contributed by atoms with Gasteiger partial charge in [-0.3, -0.25) is 9.69 Å². The summed E-state index contributed by atoms with van der Waals surface area (Å²) in [4.78, 5) is 27.4. The minimum absolute atomic E-state index is 0.295. The molecular formula is C22H21NO5S2. The highest BCUT2D eigenvalue weighted by atomic mass is 32.2. The molecule has 2 aromatic carbocycles. The Morgan fingerprint density at radius 3 is 2.53 bits per heavy atom. The smallest absolute Gasteiger partial charge is 0.333 e. The Hall–Kier alpha value is -2.84. The van der Waals surface area contributed by atoms with Crippen molar-refractivity contribution in [3.8, 4) is 11.5 Å². The Morgan fingerprint density at radius 1 is 1.17 bits per heavy atom. The molecule has 1 fully saturated rings. The van der Waals surface area contributed by atoms with Gasteiger partial charge in [0.1, 0.15) is 4.32 Å². The number of carbonyl (C=O) groups excluding carboxylic acids is 2. The van der Waals surface area contributed by atoms with Crippen LogP contribution in [-0.2, 0) is 14.3 Å². The first-order chi connectivity index (χ1) is 14.5. The third-order valence-electron chi connectivity index (χ3n) is 4.41. The summed E-state index contributed by atoms with van der Waals surface area (Å²) in [7, 11) is 2.86. The van der Waals surface area contributed by atoms with Crippen molar-refractivity contribution in [2.45, 2.75) is 13.0 Å². The fraction of sp³-hybridized carbons (Fsp3) is 0.227. The van der Waals surface area contributed by atoms with Crippen LogP contribution >= 0.6 is 24.0 Å². The lowest BCUT2D eigenvalue weighted by atomic mass is 10.1. The van der Waals surface area contributed by atoms with E-state index in [1.165, 1.54) is 12.0 Å². The number of nitrogens with zero attached hydrogens (tertiary/aromatic N) is 1. The SMILES string of the molecule is CCOc1cc(/C=C2\SC(=S)N(C(C(=O)OC)c3ccccc3)C2=O)ccc1OC. The first-order valence-electron chi connectivity index (χ1n) is 9.20. The van der Waals surface area contributed by atoms with E-state index in [1.807, 2.05) is 19.1 Å². The van der Waals surface area contributed by atoms with Crippen LogP contribution in [0.25, 0.3) is 6.08 Å². The first kappa shape index (κ1) is 21.9. The molecule has 0 bridgehead atoms. The second-order valence-electron chi connectivity index (χ2n) is 6.23. The zero-order chi connectivity index (χ0) is 21.7. The lowest BCUT2D eigenvalue weighted by Gasteiger charge is -2.24. The third kappa shape index (κ3) is 4.49. The van der Waals surface area contributed by atoms with Crippen molar-refractivity contribution in [1.82, 2.24) is 4.90 Å².